The van der Waals surface area contributed by atoms with E-state index in [1.165, 1.54) is 0 Å². The zero-order valence-corrected chi connectivity index (χ0v) is 10.9. The molecule has 0 aromatic heterocycles. The second kappa shape index (κ2) is 8.32. The van der Waals surface area contributed by atoms with Crippen LogP contribution in [0.1, 0.15) is 33.6 Å². The van der Waals surface area contributed by atoms with Gasteiger partial charge in [0.15, 0.2) is 0 Å². The van der Waals surface area contributed by atoms with Crippen LogP contribution in [0.4, 0.5) is 4.79 Å². The van der Waals surface area contributed by atoms with E-state index in [1.54, 1.807) is 20.8 Å². The molecule has 4 N–H and O–H groups in total. The molecule has 0 aromatic rings. The third-order valence-electron chi connectivity index (χ3n) is 2.34. The van der Waals surface area contributed by atoms with Gasteiger partial charge in [0.2, 0.25) is 5.91 Å². The summed E-state index contributed by atoms with van der Waals surface area (Å²) in [7, 11) is 0. The summed E-state index contributed by atoms with van der Waals surface area (Å²) in [6.07, 6.45) is 0.370. The molecule has 0 saturated carbocycles. The summed E-state index contributed by atoms with van der Waals surface area (Å²) in [5, 5.41) is 16.2. The Bertz CT molecular complexity index is 307. The number of urea groups is 1. The lowest BCUT2D eigenvalue weighted by atomic mass is 10.1. The van der Waals surface area contributed by atoms with Crippen molar-refractivity contribution in [2.24, 2.45) is 0 Å². The van der Waals surface area contributed by atoms with Gasteiger partial charge in [0, 0.05) is 12.6 Å². The predicted molar refractivity (Wildman–Crippen MR) is 66.1 cm³/mol. The number of nitrogens with one attached hydrogen (secondary N) is 3. The van der Waals surface area contributed by atoms with E-state index >= 15 is 0 Å². The van der Waals surface area contributed by atoms with Gasteiger partial charge in [0.1, 0.15) is 6.04 Å². The third kappa shape index (κ3) is 6.72. The number of aliphatic carboxylic acids is 1. The fraction of sp³-hybridized carbons (Fsp3) is 0.727. The number of amides is 3. The molecule has 0 aliphatic carbocycles. The molecule has 0 saturated heterocycles. The van der Waals surface area contributed by atoms with Crippen molar-refractivity contribution < 1.29 is 19.5 Å². The van der Waals surface area contributed by atoms with E-state index in [2.05, 4.69) is 16.0 Å². The van der Waals surface area contributed by atoms with Crippen LogP contribution < -0.4 is 16.0 Å². The smallest absolute Gasteiger partial charge is 0.315 e. The number of rotatable bonds is 7. The Morgan fingerprint density at radius 2 is 1.78 bits per heavy atom. The molecule has 104 valence electrons. The number of carbonyl (C=O) groups excluding carboxylic acids is 2. The molecule has 0 bridgehead atoms. The van der Waals surface area contributed by atoms with Crippen LogP contribution in [-0.2, 0) is 9.59 Å². The zero-order valence-electron chi connectivity index (χ0n) is 10.9. The SMILES string of the molecule is CCNC(=O)C(C)NC(=O)NC(CC)CC(=O)O. The van der Waals surface area contributed by atoms with Crippen LogP contribution in [0.5, 0.6) is 0 Å². The van der Waals surface area contributed by atoms with Crippen molar-refractivity contribution in [2.75, 3.05) is 6.54 Å². The molecule has 7 nitrogen and oxygen atoms in total. The first kappa shape index (κ1) is 16.2. The molecule has 0 aromatic carbocycles. The van der Waals surface area contributed by atoms with E-state index in [4.69, 9.17) is 5.11 Å². The van der Waals surface area contributed by atoms with Crippen molar-refractivity contribution in [1.82, 2.24) is 16.0 Å². The van der Waals surface area contributed by atoms with Gasteiger partial charge in [-0.2, -0.15) is 0 Å². The largest absolute Gasteiger partial charge is 0.481 e. The number of carboxylic acids is 1. The van der Waals surface area contributed by atoms with Gasteiger partial charge in [-0.1, -0.05) is 6.92 Å². The number of carboxylic acid groups (broad SMARTS) is 1. The number of hydrogen-bond donors (Lipinski definition) is 4. The van der Waals surface area contributed by atoms with Crippen LogP contribution in [0.25, 0.3) is 0 Å². The van der Waals surface area contributed by atoms with Crippen molar-refractivity contribution >= 4 is 17.9 Å². The maximum absolute atomic E-state index is 11.5. The minimum absolute atomic E-state index is 0.139. The average molecular weight is 259 g/mol. The molecular formula is C11H21N3O4. The van der Waals surface area contributed by atoms with Crippen molar-refractivity contribution in [3.05, 3.63) is 0 Å². The molecule has 18 heavy (non-hydrogen) atoms. The summed E-state index contributed by atoms with van der Waals surface area (Å²) in [5.41, 5.74) is 0. The van der Waals surface area contributed by atoms with E-state index in [0.717, 1.165) is 0 Å². The van der Waals surface area contributed by atoms with Gasteiger partial charge in [-0.05, 0) is 20.3 Å². The summed E-state index contributed by atoms with van der Waals surface area (Å²) >= 11 is 0. The van der Waals surface area contributed by atoms with Crippen LogP contribution in [0.3, 0.4) is 0 Å². The maximum atomic E-state index is 11.5. The Balaban J connectivity index is 4.15. The molecular weight excluding hydrogens is 238 g/mol. The lowest BCUT2D eigenvalue weighted by Crippen LogP contribution is -2.50. The van der Waals surface area contributed by atoms with E-state index in [0.29, 0.717) is 13.0 Å². The molecule has 0 fully saturated rings. The molecule has 0 radical (unpaired) electrons. The first-order chi connectivity index (χ1) is 8.40. The summed E-state index contributed by atoms with van der Waals surface area (Å²) in [5.74, 6) is -1.25. The predicted octanol–water partition coefficient (Wildman–Crippen LogP) is 0.0635. The monoisotopic (exact) mass is 259 g/mol. The van der Waals surface area contributed by atoms with Gasteiger partial charge in [0.05, 0.1) is 6.42 Å². The highest BCUT2D eigenvalue weighted by Crippen LogP contribution is 1.97. The molecule has 0 heterocycles. The van der Waals surface area contributed by atoms with Crippen molar-refractivity contribution in [3.8, 4) is 0 Å². The lowest BCUT2D eigenvalue weighted by Gasteiger charge is -2.18. The zero-order chi connectivity index (χ0) is 14.1. The van der Waals surface area contributed by atoms with Crippen LogP contribution in [0, 0.1) is 0 Å². The van der Waals surface area contributed by atoms with E-state index in [9.17, 15) is 14.4 Å². The van der Waals surface area contributed by atoms with E-state index in [1.807, 2.05) is 0 Å². The van der Waals surface area contributed by atoms with Crippen molar-refractivity contribution in [2.45, 2.75) is 45.7 Å². The minimum Gasteiger partial charge on any atom is -0.481 e. The summed E-state index contributed by atoms with van der Waals surface area (Å²) in [6.45, 7) is 5.61. The average Bonchev–Trinajstić information content (AvgIpc) is 2.27. The Labute approximate surface area is 106 Å². The molecule has 3 amide bonds. The highest BCUT2D eigenvalue weighted by atomic mass is 16.4. The van der Waals surface area contributed by atoms with Crippen LogP contribution in [-0.4, -0.2) is 41.6 Å². The number of carbonyl (C=O) groups is 3. The maximum Gasteiger partial charge on any atom is 0.315 e. The molecule has 7 heteroatoms. The van der Waals surface area contributed by atoms with Crippen LogP contribution in [0.2, 0.25) is 0 Å². The molecule has 0 aliphatic heterocycles. The molecule has 0 rings (SSSR count). The highest BCUT2D eigenvalue weighted by Gasteiger charge is 2.18. The van der Waals surface area contributed by atoms with E-state index < -0.39 is 24.1 Å². The lowest BCUT2D eigenvalue weighted by molar-refractivity contribution is -0.137. The van der Waals surface area contributed by atoms with Gasteiger partial charge in [-0.3, -0.25) is 9.59 Å². The highest BCUT2D eigenvalue weighted by molar-refractivity contribution is 5.86. The number of likely N-dealkylation sites (N-methyl/N-ethyl adjacent to an activating group) is 1. The Morgan fingerprint density at radius 1 is 1.17 bits per heavy atom. The first-order valence-corrected chi connectivity index (χ1v) is 5.97. The van der Waals surface area contributed by atoms with Gasteiger partial charge < -0.3 is 21.1 Å². The number of hydrogen-bond acceptors (Lipinski definition) is 3. The standard InChI is InChI=1S/C11H21N3O4/c1-4-8(6-9(15)16)14-11(18)13-7(3)10(17)12-5-2/h7-8H,4-6H2,1-3H3,(H,12,17)(H,15,16)(H2,13,14,18). The summed E-state index contributed by atoms with van der Waals surface area (Å²) < 4.78 is 0. The second-order valence-corrected chi connectivity index (χ2v) is 3.94. The molecule has 0 spiro atoms. The Morgan fingerprint density at radius 3 is 2.22 bits per heavy atom. The molecule has 2 atom stereocenters. The topological polar surface area (TPSA) is 108 Å². The minimum atomic E-state index is -0.973. The normalized spacial score (nSPS) is 13.3. The second-order valence-electron chi connectivity index (χ2n) is 3.94. The Kier molecular flexibility index (Phi) is 7.50. The van der Waals surface area contributed by atoms with Crippen LogP contribution in [0.15, 0.2) is 0 Å². The van der Waals surface area contributed by atoms with Crippen molar-refractivity contribution in [3.63, 3.8) is 0 Å². The quantitative estimate of drug-likeness (QED) is 0.518. The van der Waals surface area contributed by atoms with Gasteiger partial charge in [0.25, 0.3) is 0 Å². The first-order valence-electron chi connectivity index (χ1n) is 5.97. The van der Waals surface area contributed by atoms with Gasteiger partial charge in [-0.15, -0.1) is 0 Å². The molecule has 0 aliphatic rings. The van der Waals surface area contributed by atoms with E-state index in [-0.39, 0.29) is 12.3 Å². The van der Waals surface area contributed by atoms with Gasteiger partial charge in [-0.25, -0.2) is 4.79 Å². The van der Waals surface area contributed by atoms with Crippen molar-refractivity contribution in [1.29, 1.82) is 0 Å². The fourth-order valence-corrected chi connectivity index (χ4v) is 1.32. The van der Waals surface area contributed by atoms with Gasteiger partial charge >= 0.3 is 12.0 Å². The Hall–Kier alpha value is -1.79. The summed E-state index contributed by atoms with van der Waals surface area (Å²) in [6, 6.07) is -1.64. The fourth-order valence-electron chi connectivity index (χ4n) is 1.32. The molecule has 2 unspecified atom stereocenters. The third-order valence-corrected chi connectivity index (χ3v) is 2.34. The summed E-state index contributed by atoms with van der Waals surface area (Å²) in [4.78, 5) is 33.4. The van der Waals surface area contributed by atoms with Crippen LogP contribution >= 0.6 is 0 Å².